The molecule has 0 unspecified atom stereocenters. The molecule has 0 aromatic heterocycles. The first-order valence-electron chi connectivity index (χ1n) is 7.36. The third-order valence-electron chi connectivity index (χ3n) is 3.79. The van der Waals surface area contributed by atoms with Crippen LogP contribution >= 0.6 is 0 Å². The molecule has 2 amide bonds. The quantitative estimate of drug-likeness (QED) is 0.880. The molecule has 1 fully saturated rings. The van der Waals surface area contributed by atoms with Crippen molar-refractivity contribution in [2.45, 2.75) is 38.8 Å². The standard InChI is InChI=1S/C16H20N2O4/c1-11(19)17-10-12-5-7-13(8-6-12)15(20)18-9-3-2-4-14(18)16(21)22/h5-8,14H,2-4,9-10H2,1H3,(H,17,19)(H,21,22)/t14-/m1/s1. The number of nitrogens with one attached hydrogen (secondary N) is 1. The van der Waals surface area contributed by atoms with Gasteiger partial charge in [0.25, 0.3) is 5.91 Å². The molecule has 1 aromatic carbocycles. The van der Waals surface area contributed by atoms with E-state index in [0.717, 1.165) is 18.4 Å². The fourth-order valence-corrected chi connectivity index (χ4v) is 2.59. The molecule has 0 saturated carbocycles. The van der Waals surface area contributed by atoms with Crippen LogP contribution in [0, 0.1) is 0 Å². The zero-order valence-corrected chi connectivity index (χ0v) is 12.5. The number of benzene rings is 1. The second-order valence-electron chi connectivity index (χ2n) is 5.46. The summed E-state index contributed by atoms with van der Waals surface area (Å²) < 4.78 is 0. The molecule has 0 bridgehead atoms. The molecule has 1 aliphatic rings. The summed E-state index contributed by atoms with van der Waals surface area (Å²) in [4.78, 5) is 36.1. The summed E-state index contributed by atoms with van der Waals surface area (Å²) in [5.74, 6) is -1.31. The van der Waals surface area contributed by atoms with E-state index in [4.69, 9.17) is 0 Å². The molecular formula is C16H20N2O4. The van der Waals surface area contributed by atoms with E-state index in [1.807, 2.05) is 0 Å². The summed E-state index contributed by atoms with van der Waals surface area (Å²) in [7, 11) is 0. The average Bonchev–Trinajstić information content (AvgIpc) is 2.52. The molecule has 6 heteroatoms. The number of nitrogens with zero attached hydrogens (tertiary/aromatic N) is 1. The molecule has 0 spiro atoms. The van der Waals surface area contributed by atoms with Crippen LogP contribution in [-0.4, -0.2) is 40.4 Å². The van der Waals surface area contributed by atoms with Gasteiger partial charge in [-0.05, 0) is 37.0 Å². The molecule has 1 aromatic rings. The monoisotopic (exact) mass is 304 g/mol. The number of hydrogen-bond acceptors (Lipinski definition) is 3. The van der Waals surface area contributed by atoms with Gasteiger partial charge in [-0.3, -0.25) is 9.59 Å². The summed E-state index contributed by atoms with van der Waals surface area (Å²) in [6.45, 7) is 2.33. The van der Waals surface area contributed by atoms with Gasteiger partial charge < -0.3 is 15.3 Å². The molecule has 6 nitrogen and oxygen atoms in total. The fraction of sp³-hybridized carbons (Fsp3) is 0.438. The minimum absolute atomic E-state index is 0.113. The predicted octanol–water partition coefficient (Wildman–Crippen LogP) is 1.40. The van der Waals surface area contributed by atoms with Gasteiger partial charge in [-0.2, -0.15) is 0 Å². The lowest BCUT2D eigenvalue weighted by Crippen LogP contribution is -2.47. The van der Waals surface area contributed by atoms with Crippen LogP contribution in [0.15, 0.2) is 24.3 Å². The Hall–Kier alpha value is -2.37. The summed E-state index contributed by atoms with van der Waals surface area (Å²) in [6, 6.07) is 6.14. The maximum atomic E-state index is 12.5. The molecule has 0 aliphatic carbocycles. The number of likely N-dealkylation sites (tertiary alicyclic amines) is 1. The number of carboxylic acids is 1. The first-order chi connectivity index (χ1) is 10.5. The first kappa shape index (κ1) is 16.0. The van der Waals surface area contributed by atoms with Crippen molar-refractivity contribution in [1.82, 2.24) is 10.2 Å². The molecule has 1 atom stereocenters. The van der Waals surface area contributed by atoms with Crippen LogP contribution in [0.2, 0.25) is 0 Å². The van der Waals surface area contributed by atoms with Crippen molar-refractivity contribution in [3.8, 4) is 0 Å². The Labute approximate surface area is 129 Å². The van der Waals surface area contributed by atoms with Crippen LogP contribution in [-0.2, 0) is 16.1 Å². The maximum Gasteiger partial charge on any atom is 0.326 e. The molecule has 2 rings (SSSR count). The van der Waals surface area contributed by atoms with Gasteiger partial charge in [0, 0.05) is 25.6 Å². The van der Waals surface area contributed by atoms with Crippen molar-refractivity contribution in [3.05, 3.63) is 35.4 Å². The average molecular weight is 304 g/mol. The lowest BCUT2D eigenvalue weighted by Gasteiger charge is -2.33. The first-order valence-corrected chi connectivity index (χ1v) is 7.36. The molecule has 2 N–H and O–H groups in total. The van der Waals surface area contributed by atoms with E-state index in [0.29, 0.717) is 25.1 Å². The van der Waals surface area contributed by atoms with Gasteiger partial charge in [-0.1, -0.05) is 12.1 Å². The van der Waals surface area contributed by atoms with Crippen molar-refractivity contribution in [1.29, 1.82) is 0 Å². The van der Waals surface area contributed by atoms with Gasteiger partial charge in [0.2, 0.25) is 5.91 Å². The van der Waals surface area contributed by atoms with Crippen LogP contribution in [0.4, 0.5) is 0 Å². The van der Waals surface area contributed by atoms with Crippen LogP contribution < -0.4 is 5.32 Å². The second-order valence-corrected chi connectivity index (χ2v) is 5.46. The summed E-state index contributed by atoms with van der Waals surface area (Å²) >= 11 is 0. The Morgan fingerprint density at radius 1 is 1.23 bits per heavy atom. The highest BCUT2D eigenvalue weighted by Crippen LogP contribution is 2.20. The minimum Gasteiger partial charge on any atom is -0.480 e. The highest BCUT2D eigenvalue weighted by Gasteiger charge is 2.32. The Kier molecular flexibility index (Phi) is 5.14. The third kappa shape index (κ3) is 3.84. The smallest absolute Gasteiger partial charge is 0.326 e. The van der Waals surface area contributed by atoms with E-state index in [-0.39, 0.29) is 11.8 Å². The highest BCUT2D eigenvalue weighted by molar-refractivity contribution is 5.96. The van der Waals surface area contributed by atoms with Gasteiger partial charge in [0.1, 0.15) is 6.04 Å². The van der Waals surface area contributed by atoms with E-state index in [1.165, 1.54) is 11.8 Å². The summed E-state index contributed by atoms with van der Waals surface area (Å²) in [5.41, 5.74) is 1.36. The number of rotatable bonds is 4. The second kappa shape index (κ2) is 7.06. The number of carbonyl (C=O) groups is 3. The van der Waals surface area contributed by atoms with Gasteiger partial charge >= 0.3 is 5.97 Å². The number of piperidine rings is 1. The zero-order valence-electron chi connectivity index (χ0n) is 12.5. The van der Waals surface area contributed by atoms with E-state index >= 15 is 0 Å². The van der Waals surface area contributed by atoms with E-state index < -0.39 is 12.0 Å². The third-order valence-corrected chi connectivity index (χ3v) is 3.79. The largest absolute Gasteiger partial charge is 0.480 e. The lowest BCUT2D eigenvalue weighted by molar-refractivity contribution is -0.143. The van der Waals surface area contributed by atoms with Crippen molar-refractivity contribution in [3.63, 3.8) is 0 Å². The molecule has 0 radical (unpaired) electrons. The summed E-state index contributed by atoms with van der Waals surface area (Å²) in [5, 5.41) is 11.9. The Morgan fingerprint density at radius 2 is 1.91 bits per heavy atom. The lowest BCUT2D eigenvalue weighted by atomic mass is 10.0. The van der Waals surface area contributed by atoms with Gasteiger partial charge in [-0.25, -0.2) is 4.79 Å². The van der Waals surface area contributed by atoms with E-state index in [2.05, 4.69) is 5.32 Å². The number of aliphatic carboxylic acids is 1. The Morgan fingerprint density at radius 3 is 2.50 bits per heavy atom. The number of amides is 2. The maximum absolute atomic E-state index is 12.5. The van der Waals surface area contributed by atoms with Crippen molar-refractivity contribution < 1.29 is 19.5 Å². The van der Waals surface area contributed by atoms with E-state index in [1.54, 1.807) is 24.3 Å². The molecule has 1 heterocycles. The molecule has 1 aliphatic heterocycles. The fourth-order valence-electron chi connectivity index (χ4n) is 2.59. The van der Waals surface area contributed by atoms with Crippen LogP contribution in [0.25, 0.3) is 0 Å². The molecule has 118 valence electrons. The molecule has 22 heavy (non-hydrogen) atoms. The highest BCUT2D eigenvalue weighted by atomic mass is 16.4. The van der Waals surface area contributed by atoms with Crippen LogP contribution in [0.3, 0.4) is 0 Å². The Bertz CT molecular complexity index is 568. The van der Waals surface area contributed by atoms with Crippen LogP contribution in [0.1, 0.15) is 42.1 Å². The van der Waals surface area contributed by atoms with Crippen LogP contribution in [0.5, 0.6) is 0 Å². The minimum atomic E-state index is -0.949. The topological polar surface area (TPSA) is 86.7 Å². The van der Waals surface area contributed by atoms with Gasteiger partial charge in [0.15, 0.2) is 0 Å². The molecule has 1 saturated heterocycles. The Balaban J connectivity index is 2.08. The van der Waals surface area contributed by atoms with Crippen molar-refractivity contribution in [2.24, 2.45) is 0 Å². The van der Waals surface area contributed by atoms with Gasteiger partial charge in [0.05, 0.1) is 0 Å². The number of carboxylic acid groups (broad SMARTS) is 1. The normalized spacial score (nSPS) is 17.9. The van der Waals surface area contributed by atoms with Crippen molar-refractivity contribution >= 4 is 17.8 Å². The predicted molar refractivity (Wildman–Crippen MR) is 80.3 cm³/mol. The summed E-state index contributed by atoms with van der Waals surface area (Å²) in [6.07, 6.45) is 2.16. The van der Waals surface area contributed by atoms with E-state index in [9.17, 15) is 19.5 Å². The van der Waals surface area contributed by atoms with Crippen molar-refractivity contribution in [2.75, 3.05) is 6.54 Å². The molecular weight excluding hydrogens is 284 g/mol. The SMILES string of the molecule is CC(=O)NCc1ccc(C(=O)N2CCCC[C@@H]2C(=O)O)cc1. The zero-order chi connectivity index (χ0) is 16.1. The van der Waals surface area contributed by atoms with Gasteiger partial charge in [-0.15, -0.1) is 0 Å². The number of hydrogen-bond donors (Lipinski definition) is 2. The number of carbonyl (C=O) groups excluding carboxylic acids is 2.